The normalized spacial score (nSPS) is 10.6. The molecule has 0 aliphatic carbocycles. The van der Waals surface area contributed by atoms with Crippen molar-refractivity contribution in [1.82, 2.24) is 15.2 Å². The average molecular weight is 333 g/mol. The van der Waals surface area contributed by atoms with Gasteiger partial charge in [0.1, 0.15) is 0 Å². The van der Waals surface area contributed by atoms with Gasteiger partial charge in [0.25, 0.3) is 5.69 Å². The van der Waals surface area contributed by atoms with E-state index in [1.807, 2.05) is 30.3 Å². The molecule has 0 fully saturated rings. The first kappa shape index (κ1) is 14.6. The second kappa shape index (κ2) is 6.17. The molecule has 6 nitrogen and oxygen atoms in total. The minimum atomic E-state index is -0.485. The Morgan fingerprint density at radius 3 is 2.64 bits per heavy atom. The van der Waals surface area contributed by atoms with Crippen molar-refractivity contribution in [2.24, 2.45) is 0 Å². The summed E-state index contributed by atoms with van der Waals surface area (Å²) < 4.78 is 0. The van der Waals surface area contributed by atoms with Crippen LogP contribution in [-0.2, 0) is 0 Å². The van der Waals surface area contributed by atoms with E-state index >= 15 is 0 Å². The van der Waals surface area contributed by atoms with Crippen molar-refractivity contribution in [1.29, 1.82) is 0 Å². The molecule has 3 rings (SSSR count). The predicted molar refractivity (Wildman–Crippen MR) is 84.0 cm³/mol. The standard InChI is InChI=1S/C14H9ClN4O2S/c15-11-8-10(19(20)21)6-7-12(11)22-14-16-13(17-18-14)9-4-2-1-3-5-9/h1-8H,(H,16,17,18). The molecule has 2 aromatic carbocycles. The first-order valence-corrected chi connectivity index (χ1v) is 7.42. The molecule has 22 heavy (non-hydrogen) atoms. The van der Waals surface area contributed by atoms with Crippen LogP contribution in [0.25, 0.3) is 11.4 Å². The number of halogens is 1. The Bertz CT molecular complexity index is 823. The molecule has 1 heterocycles. The number of nitro benzene ring substituents is 1. The molecule has 0 unspecified atom stereocenters. The third-order valence-corrected chi connectivity index (χ3v) is 4.21. The zero-order valence-corrected chi connectivity index (χ0v) is 12.6. The van der Waals surface area contributed by atoms with Crippen LogP contribution in [0.5, 0.6) is 0 Å². The Balaban J connectivity index is 1.82. The molecule has 0 saturated heterocycles. The summed E-state index contributed by atoms with van der Waals surface area (Å²) in [6, 6.07) is 13.9. The van der Waals surface area contributed by atoms with Gasteiger partial charge < -0.3 is 0 Å². The maximum Gasteiger partial charge on any atom is 0.270 e. The lowest BCUT2D eigenvalue weighted by molar-refractivity contribution is -0.384. The molecular formula is C14H9ClN4O2S. The number of benzene rings is 2. The third kappa shape index (κ3) is 3.10. The predicted octanol–water partition coefficient (Wildman–Crippen LogP) is 4.18. The Kier molecular flexibility index (Phi) is 4.08. The molecule has 0 saturated carbocycles. The van der Waals surface area contributed by atoms with Gasteiger partial charge in [-0.2, -0.15) is 0 Å². The minimum Gasteiger partial charge on any atom is -0.258 e. The Morgan fingerprint density at radius 2 is 1.95 bits per heavy atom. The van der Waals surface area contributed by atoms with Crippen molar-refractivity contribution < 1.29 is 4.92 Å². The fraction of sp³-hybridized carbons (Fsp3) is 0. The van der Waals surface area contributed by atoms with Gasteiger partial charge >= 0.3 is 0 Å². The van der Waals surface area contributed by atoms with Crippen LogP contribution in [0.15, 0.2) is 58.6 Å². The average Bonchev–Trinajstić information content (AvgIpc) is 2.98. The van der Waals surface area contributed by atoms with Crippen LogP contribution < -0.4 is 0 Å². The molecule has 0 spiro atoms. The van der Waals surface area contributed by atoms with Gasteiger partial charge in [0.15, 0.2) is 5.82 Å². The lowest BCUT2D eigenvalue weighted by Crippen LogP contribution is -1.88. The van der Waals surface area contributed by atoms with Gasteiger partial charge in [-0.15, -0.1) is 5.10 Å². The third-order valence-electron chi connectivity index (χ3n) is 2.84. The Morgan fingerprint density at radius 1 is 1.18 bits per heavy atom. The fourth-order valence-electron chi connectivity index (χ4n) is 1.80. The maximum atomic E-state index is 10.7. The highest BCUT2D eigenvalue weighted by Gasteiger charge is 2.13. The van der Waals surface area contributed by atoms with Gasteiger partial charge in [-0.25, -0.2) is 4.98 Å². The summed E-state index contributed by atoms with van der Waals surface area (Å²) >= 11 is 7.30. The Labute approximate surface area is 134 Å². The summed E-state index contributed by atoms with van der Waals surface area (Å²) in [4.78, 5) is 15.2. The first-order chi connectivity index (χ1) is 10.6. The molecule has 1 aromatic heterocycles. The molecule has 8 heteroatoms. The second-order valence-electron chi connectivity index (χ2n) is 4.31. The van der Waals surface area contributed by atoms with E-state index in [2.05, 4.69) is 15.2 Å². The van der Waals surface area contributed by atoms with Crippen molar-refractivity contribution >= 4 is 29.1 Å². The summed E-state index contributed by atoms with van der Waals surface area (Å²) in [7, 11) is 0. The zero-order chi connectivity index (χ0) is 15.5. The summed E-state index contributed by atoms with van der Waals surface area (Å²) in [5.41, 5.74) is 0.881. The maximum absolute atomic E-state index is 10.7. The van der Waals surface area contributed by atoms with Crippen molar-refractivity contribution in [2.45, 2.75) is 10.1 Å². The van der Waals surface area contributed by atoms with Crippen molar-refractivity contribution in [3.8, 4) is 11.4 Å². The van der Waals surface area contributed by atoms with E-state index in [9.17, 15) is 10.1 Å². The lowest BCUT2D eigenvalue weighted by Gasteiger charge is -2.00. The zero-order valence-electron chi connectivity index (χ0n) is 11.1. The summed E-state index contributed by atoms with van der Waals surface area (Å²) in [6.45, 7) is 0. The number of nitrogens with zero attached hydrogens (tertiary/aromatic N) is 3. The van der Waals surface area contributed by atoms with Crippen molar-refractivity contribution in [3.05, 3.63) is 63.7 Å². The molecule has 3 aromatic rings. The molecule has 0 bridgehead atoms. The second-order valence-corrected chi connectivity index (χ2v) is 5.72. The highest BCUT2D eigenvalue weighted by molar-refractivity contribution is 7.99. The van der Waals surface area contributed by atoms with Crippen LogP contribution in [0, 0.1) is 10.1 Å². The number of hydrogen-bond donors (Lipinski definition) is 1. The number of aromatic amines is 1. The van der Waals surface area contributed by atoms with E-state index in [1.54, 1.807) is 6.07 Å². The number of rotatable bonds is 4. The minimum absolute atomic E-state index is 0.0469. The number of aromatic nitrogens is 3. The van der Waals surface area contributed by atoms with Gasteiger partial charge in [-0.05, 0) is 17.8 Å². The molecule has 0 radical (unpaired) electrons. The number of H-pyrrole nitrogens is 1. The van der Waals surface area contributed by atoms with E-state index in [4.69, 9.17) is 11.6 Å². The van der Waals surface area contributed by atoms with Crippen LogP contribution in [0.2, 0.25) is 5.02 Å². The van der Waals surface area contributed by atoms with Crippen LogP contribution in [0.3, 0.4) is 0 Å². The highest BCUT2D eigenvalue weighted by atomic mass is 35.5. The van der Waals surface area contributed by atoms with Gasteiger partial charge in [0.2, 0.25) is 5.16 Å². The van der Waals surface area contributed by atoms with Gasteiger partial charge in [-0.1, -0.05) is 41.9 Å². The molecule has 0 aliphatic rings. The topological polar surface area (TPSA) is 84.7 Å². The molecule has 0 aliphatic heterocycles. The van der Waals surface area contributed by atoms with Crippen molar-refractivity contribution in [3.63, 3.8) is 0 Å². The van der Waals surface area contributed by atoms with Gasteiger partial charge in [0, 0.05) is 22.6 Å². The van der Waals surface area contributed by atoms with Gasteiger partial charge in [-0.3, -0.25) is 15.2 Å². The fourth-order valence-corrected chi connectivity index (χ4v) is 2.81. The summed E-state index contributed by atoms with van der Waals surface area (Å²) in [5.74, 6) is 0.654. The largest absolute Gasteiger partial charge is 0.270 e. The molecule has 0 amide bonds. The van der Waals surface area contributed by atoms with Gasteiger partial charge in [0.05, 0.1) is 9.95 Å². The molecule has 0 atom stereocenters. The summed E-state index contributed by atoms with van der Waals surface area (Å²) in [5, 5.41) is 18.5. The van der Waals surface area contributed by atoms with Crippen molar-refractivity contribution in [2.75, 3.05) is 0 Å². The number of nitrogens with one attached hydrogen (secondary N) is 1. The smallest absolute Gasteiger partial charge is 0.258 e. The lowest BCUT2D eigenvalue weighted by atomic mass is 10.2. The van der Waals surface area contributed by atoms with Crippen LogP contribution in [-0.4, -0.2) is 20.1 Å². The molecular weight excluding hydrogens is 324 g/mol. The molecule has 1 N–H and O–H groups in total. The SMILES string of the molecule is O=[N+]([O-])c1ccc(Sc2n[nH]c(-c3ccccc3)n2)c(Cl)c1. The van der Waals surface area contributed by atoms with E-state index in [-0.39, 0.29) is 5.69 Å². The number of hydrogen-bond acceptors (Lipinski definition) is 5. The van der Waals surface area contributed by atoms with E-state index in [0.29, 0.717) is 20.9 Å². The monoisotopic (exact) mass is 332 g/mol. The quantitative estimate of drug-likeness (QED) is 0.572. The number of non-ortho nitro benzene ring substituents is 1. The number of nitro groups is 1. The van der Waals surface area contributed by atoms with E-state index in [0.717, 1.165) is 5.56 Å². The van der Waals surface area contributed by atoms with Crippen LogP contribution in [0.4, 0.5) is 5.69 Å². The van der Waals surface area contributed by atoms with E-state index < -0.39 is 4.92 Å². The highest BCUT2D eigenvalue weighted by Crippen LogP contribution is 2.34. The van der Waals surface area contributed by atoms with Crippen LogP contribution in [0.1, 0.15) is 0 Å². The van der Waals surface area contributed by atoms with Crippen LogP contribution >= 0.6 is 23.4 Å². The Hall–Kier alpha value is -2.38. The van der Waals surface area contributed by atoms with E-state index in [1.165, 1.54) is 23.9 Å². The first-order valence-electron chi connectivity index (χ1n) is 6.23. The summed E-state index contributed by atoms with van der Waals surface area (Å²) in [6.07, 6.45) is 0. The molecule has 110 valence electrons.